The maximum absolute atomic E-state index is 11.6. The molecule has 18 heteroatoms. The topological polar surface area (TPSA) is 245 Å². The summed E-state index contributed by atoms with van der Waals surface area (Å²) in [5.41, 5.74) is 4.91. The first-order valence-electron chi connectivity index (χ1n) is 12.2. The van der Waals surface area contributed by atoms with Crippen LogP contribution >= 0.6 is 0 Å². The van der Waals surface area contributed by atoms with E-state index in [1.807, 2.05) is 6.08 Å². The lowest BCUT2D eigenvalue weighted by molar-refractivity contribution is -0.140. The highest BCUT2D eigenvalue weighted by molar-refractivity contribution is 7.87. The van der Waals surface area contributed by atoms with Crippen molar-refractivity contribution in [3.63, 3.8) is 0 Å². The van der Waals surface area contributed by atoms with E-state index >= 15 is 0 Å². The summed E-state index contributed by atoms with van der Waals surface area (Å²) >= 11 is 0. The standard InChI is InChI=1S/C12H20O.C5H10O8S2.C4H8O2.C3H7N.O3S/c1-4-7-9-11(6-3)12(13)10-8-5-2;1-3-4(14(7,8)9)5(6)13-15(10,11)12-2;1-3-4(5)6-2;1-2-3-4;1-4(2)3/h4-5,11H,1-2,6-10H2,3H3;4H,3H2,1-2H3,(H,7,8,9);3H2,1-2H3;2H,1,3-4H2;. The Morgan fingerprint density at radius 2 is 1.36 bits per heavy atom. The number of allylic oxidation sites excluding steroid dienone is 2. The van der Waals surface area contributed by atoms with E-state index in [2.05, 4.69) is 39.8 Å². The number of carbonyl (C=O) groups excluding carboxylic acids is 3. The molecule has 0 aliphatic rings. The van der Waals surface area contributed by atoms with Crippen molar-refractivity contribution in [1.82, 2.24) is 0 Å². The molecule has 2 unspecified atom stereocenters. The lowest BCUT2D eigenvalue weighted by Crippen LogP contribution is -2.32. The molecule has 0 aromatic rings. The highest BCUT2D eigenvalue weighted by Gasteiger charge is 2.34. The summed E-state index contributed by atoms with van der Waals surface area (Å²) < 4.78 is 88.1. The summed E-state index contributed by atoms with van der Waals surface area (Å²) in [5, 5.41) is -1.94. The second-order valence-electron chi connectivity index (χ2n) is 7.31. The minimum Gasteiger partial charge on any atom is -0.469 e. The van der Waals surface area contributed by atoms with E-state index in [1.54, 1.807) is 19.1 Å². The zero-order valence-electron chi connectivity index (χ0n) is 24.7. The van der Waals surface area contributed by atoms with Crippen molar-refractivity contribution in [2.75, 3.05) is 20.8 Å². The number of methoxy groups -OCH3 is 1. The summed E-state index contributed by atoms with van der Waals surface area (Å²) in [6, 6.07) is 0. The van der Waals surface area contributed by atoms with Crippen LogP contribution < -0.4 is 5.73 Å². The van der Waals surface area contributed by atoms with Crippen molar-refractivity contribution in [2.45, 2.75) is 71.0 Å². The Morgan fingerprint density at radius 3 is 1.60 bits per heavy atom. The number of esters is 1. The molecule has 0 fully saturated rings. The van der Waals surface area contributed by atoms with Crippen LogP contribution in [0.5, 0.6) is 0 Å². The molecule has 0 aliphatic carbocycles. The minimum atomic E-state index is -4.69. The summed E-state index contributed by atoms with van der Waals surface area (Å²) in [5.74, 6) is -1.15. The monoisotopic (exact) mass is 667 g/mol. The molecule has 0 radical (unpaired) electrons. The SMILES string of the molecule is C=CCCC(=O)C(CC)CCC=C.C=CCN.CCC(=O)OC.CCC(C(=O)OS(=O)(=O)OC)S(=O)(=O)O.O=S(=O)=O. The van der Waals surface area contributed by atoms with Crippen LogP contribution in [0.3, 0.4) is 0 Å². The van der Waals surface area contributed by atoms with E-state index in [0.717, 1.165) is 32.8 Å². The van der Waals surface area contributed by atoms with Gasteiger partial charge in [-0.25, -0.2) is 8.98 Å². The maximum atomic E-state index is 11.6. The summed E-state index contributed by atoms with van der Waals surface area (Å²) in [7, 11) is -10.2. The molecule has 3 N–H and O–H groups in total. The predicted octanol–water partition coefficient (Wildman–Crippen LogP) is 2.30. The highest BCUT2D eigenvalue weighted by Crippen LogP contribution is 2.15. The van der Waals surface area contributed by atoms with Gasteiger partial charge in [-0.3, -0.25) is 14.1 Å². The van der Waals surface area contributed by atoms with Gasteiger partial charge in [-0.05, 0) is 32.1 Å². The largest absolute Gasteiger partial charge is 0.469 e. The van der Waals surface area contributed by atoms with Crippen LogP contribution in [-0.4, -0.2) is 77.8 Å². The molecule has 0 amide bonds. The molecule has 0 saturated carbocycles. The zero-order valence-corrected chi connectivity index (χ0v) is 27.2. The molecule has 0 heterocycles. The van der Waals surface area contributed by atoms with Crippen molar-refractivity contribution in [1.29, 1.82) is 0 Å². The maximum Gasteiger partial charge on any atom is 0.451 e. The third-order valence-corrected chi connectivity index (χ3v) is 6.35. The third kappa shape index (κ3) is 37.2. The van der Waals surface area contributed by atoms with Crippen LogP contribution in [0.4, 0.5) is 0 Å². The zero-order chi connectivity index (χ0) is 34.4. The molecule has 2 atom stereocenters. The molecular formula is C24H45NO14S3. The molecule has 0 bridgehead atoms. The highest BCUT2D eigenvalue weighted by atomic mass is 32.3. The van der Waals surface area contributed by atoms with Gasteiger partial charge in [0.15, 0.2) is 5.25 Å². The van der Waals surface area contributed by atoms with E-state index < -0.39 is 42.3 Å². The van der Waals surface area contributed by atoms with Gasteiger partial charge in [0.2, 0.25) is 0 Å². The fraction of sp³-hybridized carbons (Fsp3) is 0.625. The molecular weight excluding hydrogens is 622 g/mol. The number of ether oxygens (including phenoxy) is 1. The van der Waals surface area contributed by atoms with Gasteiger partial charge in [0.1, 0.15) is 5.78 Å². The fourth-order valence-electron chi connectivity index (χ4n) is 2.19. The Morgan fingerprint density at radius 1 is 0.905 bits per heavy atom. The Kier molecular flexibility index (Phi) is 36.3. The first-order valence-corrected chi connectivity index (χ1v) is 16.1. The van der Waals surface area contributed by atoms with E-state index in [9.17, 15) is 31.2 Å². The van der Waals surface area contributed by atoms with Gasteiger partial charge in [0.05, 0.1) is 14.2 Å². The molecule has 0 spiro atoms. The molecule has 15 nitrogen and oxygen atoms in total. The normalized spacial score (nSPS) is 11.2. The average Bonchev–Trinajstić information content (AvgIpc) is 2.91. The number of ketones is 1. The number of nitrogens with two attached hydrogens (primary N) is 1. The second kappa shape index (κ2) is 31.2. The quantitative estimate of drug-likeness (QED) is 0.144. The average molecular weight is 668 g/mol. The smallest absolute Gasteiger partial charge is 0.451 e. The molecule has 0 aromatic carbocycles. The lowest BCUT2D eigenvalue weighted by Gasteiger charge is -2.11. The van der Waals surface area contributed by atoms with Crippen molar-refractivity contribution < 1.29 is 61.5 Å². The predicted molar refractivity (Wildman–Crippen MR) is 157 cm³/mol. The van der Waals surface area contributed by atoms with Crippen LogP contribution in [-0.2, 0) is 58.6 Å². The minimum absolute atomic E-state index is 0.157. The van der Waals surface area contributed by atoms with Crippen molar-refractivity contribution >= 4 is 48.8 Å². The van der Waals surface area contributed by atoms with Gasteiger partial charge in [0, 0.05) is 25.3 Å². The first kappa shape index (κ1) is 48.9. The first-order chi connectivity index (χ1) is 19.3. The molecule has 42 heavy (non-hydrogen) atoms. The van der Waals surface area contributed by atoms with Crippen LogP contribution in [0.1, 0.15) is 65.7 Å². The second-order valence-corrected chi connectivity index (χ2v) is 10.6. The molecule has 0 rings (SSSR count). The van der Waals surface area contributed by atoms with E-state index in [1.165, 1.54) is 14.0 Å². The lowest BCUT2D eigenvalue weighted by atomic mass is 9.93. The summed E-state index contributed by atoms with van der Waals surface area (Å²) in [6.45, 7) is 16.3. The van der Waals surface area contributed by atoms with Gasteiger partial charge >= 0.3 is 32.9 Å². The van der Waals surface area contributed by atoms with Crippen LogP contribution in [0.25, 0.3) is 0 Å². The van der Waals surface area contributed by atoms with Crippen LogP contribution in [0, 0.1) is 5.92 Å². The number of rotatable bonds is 15. The van der Waals surface area contributed by atoms with Crippen LogP contribution in [0.15, 0.2) is 38.0 Å². The molecule has 0 aromatic heterocycles. The van der Waals surface area contributed by atoms with Crippen LogP contribution in [0.2, 0.25) is 0 Å². The van der Waals surface area contributed by atoms with Gasteiger partial charge in [-0.1, -0.05) is 39.0 Å². The van der Waals surface area contributed by atoms with Crippen molar-refractivity contribution in [3.8, 4) is 0 Å². The Bertz CT molecular complexity index is 1090. The van der Waals surface area contributed by atoms with Crippen molar-refractivity contribution in [3.05, 3.63) is 38.0 Å². The molecule has 0 aliphatic heterocycles. The number of Topliss-reactive ketones (excluding diaryl/α,β-unsaturated/α-hetero) is 1. The number of carbonyl (C=O) groups is 3. The Balaban J connectivity index is -0.000000152. The Hall–Kier alpha value is -2.77. The van der Waals surface area contributed by atoms with Gasteiger partial charge in [-0.15, -0.1) is 32.4 Å². The van der Waals surface area contributed by atoms with E-state index in [0.29, 0.717) is 25.2 Å². The van der Waals surface area contributed by atoms with E-state index in [4.69, 9.17) is 22.9 Å². The molecule has 0 saturated heterocycles. The summed E-state index contributed by atoms with van der Waals surface area (Å²) in [4.78, 5) is 32.5. The van der Waals surface area contributed by atoms with Crippen molar-refractivity contribution in [2.24, 2.45) is 11.7 Å². The third-order valence-electron chi connectivity index (χ3n) is 4.33. The molecule has 248 valence electrons. The number of hydrogen-bond acceptors (Lipinski definition) is 14. The summed E-state index contributed by atoms with van der Waals surface area (Å²) in [6.07, 6.45) is 9.79. The Labute approximate surface area is 251 Å². The van der Waals surface area contributed by atoms with Gasteiger partial charge in [-0.2, -0.15) is 16.8 Å². The fourth-order valence-corrected chi connectivity index (χ4v) is 3.35. The van der Waals surface area contributed by atoms with Gasteiger partial charge in [0.25, 0.3) is 10.1 Å². The van der Waals surface area contributed by atoms with Gasteiger partial charge < -0.3 is 14.7 Å². The number of hydrogen-bond donors (Lipinski definition) is 2. The van der Waals surface area contributed by atoms with E-state index in [-0.39, 0.29) is 18.3 Å².